The van der Waals surface area contributed by atoms with Crippen molar-refractivity contribution in [3.63, 3.8) is 0 Å². The van der Waals surface area contributed by atoms with E-state index in [4.69, 9.17) is 0 Å². The molecule has 1 spiro atoms. The highest BCUT2D eigenvalue weighted by atomic mass is 16.1. The van der Waals surface area contributed by atoms with Gasteiger partial charge >= 0.3 is 0 Å². The lowest BCUT2D eigenvalue weighted by Gasteiger charge is -2.49. The van der Waals surface area contributed by atoms with Gasteiger partial charge in [-0.15, -0.1) is 0 Å². The minimum Gasteiger partial charge on any atom is -0.295 e. The Morgan fingerprint density at radius 3 is 2.80 bits per heavy atom. The molecular formula is C14H20O. The van der Waals surface area contributed by atoms with Gasteiger partial charge in [0.25, 0.3) is 0 Å². The second-order valence-corrected chi connectivity index (χ2v) is 6.03. The van der Waals surface area contributed by atoms with E-state index >= 15 is 0 Å². The topological polar surface area (TPSA) is 17.1 Å². The summed E-state index contributed by atoms with van der Waals surface area (Å²) < 4.78 is 0. The predicted molar refractivity (Wildman–Crippen MR) is 60.5 cm³/mol. The fourth-order valence-corrected chi connectivity index (χ4v) is 4.73. The molecule has 15 heavy (non-hydrogen) atoms. The van der Waals surface area contributed by atoms with Crippen LogP contribution in [0.2, 0.25) is 0 Å². The van der Waals surface area contributed by atoms with E-state index < -0.39 is 0 Å². The van der Waals surface area contributed by atoms with Crippen LogP contribution in [0.1, 0.15) is 52.4 Å². The van der Waals surface area contributed by atoms with E-state index in [1.807, 2.05) is 6.08 Å². The van der Waals surface area contributed by atoms with Crippen molar-refractivity contribution in [3.05, 3.63) is 11.6 Å². The Bertz CT molecular complexity index is 354. The summed E-state index contributed by atoms with van der Waals surface area (Å²) in [5, 5.41) is 0. The average molecular weight is 204 g/mol. The number of rotatable bonds is 0. The quantitative estimate of drug-likeness (QED) is 0.590. The lowest BCUT2D eigenvalue weighted by molar-refractivity contribution is -0.122. The summed E-state index contributed by atoms with van der Waals surface area (Å²) in [4.78, 5) is 11.9. The normalized spacial score (nSPS) is 48.8. The first-order valence-corrected chi connectivity index (χ1v) is 6.35. The van der Waals surface area contributed by atoms with E-state index in [0.29, 0.717) is 11.2 Å². The predicted octanol–water partition coefficient (Wildman–Crippen LogP) is 3.49. The Morgan fingerprint density at radius 2 is 2.00 bits per heavy atom. The third-order valence-electron chi connectivity index (χ3n) is 5.63. The summed E-state index contributed by atoms with van der Waals surface area (Å²) in [6.07, 6.45) is 9.78. The van der Waals surface area contributed by atoms with Gasteiger partial charge in [0.1, 0.15) is 0 Å². The van der Waals surface area contributed by atoms with Gasteiger partial charge in [-0.2, -0.15) is 0 Å². The molecule has 0 bridgehead atoms. The molecule has 0 heterocycles. The van der Waals surface area contributed by atoms with Crippen LogP contribution in [0.4, 0.5) is 0 Å². The first-order chi connectivity index (χ1) is 7.10. The van der Waals surface area contributed by atoms with Crippen LogP contribution < -0.4 is 0 Å². The molecule has 2 fully saturated rings. The maximum Gasteiger partial charge on any atom is 0.159 e. The standard InChI is InChI=1S/C14H20O/c1-10-12(15)9-11-5-8-13(2)6-3-4-7-14(10,11)13/h9-10H,3-8H2,1-2H3/t10-,13-,14?/m0/s1. The van der Waals surface area contributed by atoms with Crippen LogP contribution in [0.25, 0.3) is 0 Å². The summed E-state index contributed by atoms with van der Waals surface area (Å²) in [5.41, 5.74) is 2.22. The summed E-state index contributed by atoms with van der Waals surface area (Å²) >= 11 is 0. The Kier molecular flexibility index (Phi) is 1.76. The molecule has 1 heteroatoms. The Morgan fingerprint density at radius 1 is 1.27 bits per heavy atom. The molecule has 0 aromatic heterocycles. The summed E-state index contributed by atoms with van der Waals surface area (Å²) in [6.45, 7) is 4.60. The third kappa shape index (κ3) is 0.926. The van der Waals surface area contributed by atoms with Crippen molar-refractivity contribution < 1.29 is 4.79 Å². The van der Waals surface area contributed by atoms with Crippen LogP contribution in [0, 0.1) is 16.7 Å². The molecule has 2 saturated carbocycles. The summed E-state index contributed by atoms with van der Waals surface area (Å²) in [6, 6.07) is 0. The summed E-state index contributed by atoms with van der Waals surface area (Å²) in [7, 11) is 0. The number of carbonyl (C=O) groups excluding carboxylic acids is 1. The molecule has 0 N–H and O–H groups in total. The lowest BCUT2D eigenvalue weighted by atomic mass is 9.54. The van der Waals surface area contributed by atoms with Crippen molar-refractivity contribution >= 4 is 5.78 Å². The van der Waals surface area contributed by atoms with Gasteiger partial charge in [0.15, 0.2) is 5.78 Å². The number of hydrogen-bond acceptors (Lipinski definition) is 1. The zero-order valence-electron chi connectivity index (χ0n) is 9.81. The highest BCUT2D eigenvalue weighted by Gasteiger charge is 2.61. The van der Waals surface area contributed by atoms with E-state index in [9.17, 15) is 4.79 Å². The fourth-order valence-electron chi connectivity index (χ4n) is 4.73. The average Bonchev–Trinajstić information content (AvgIpc) is 2.63. The van der Waals surface area contributed by atoms with Crippen molar-refractivity contribution in [2.75, 3.05) is 0 Å². The van der Waals surface area contributed by atoms with E-state index in [1.165, 1.54) is 44.1 Å². The molecule has 3 aliphatic carbocycles. The summed E-state index contributed by atoms with van der Waals surface area (Å²) in [5.74, 6) is 0.665. The van der Waals surface area contributed by atoms with Crippen LogP contribution in [-0.4, -0.2) is 5.78 Å². The van der Waals surface area contributed by atoms with Crippen molar-refractivity contribution in [2.45, 2.75) is 52.4 Å². The Hall–Kier alpha value is -0.590. The van der Waals surface area contributed by atoms with Crippen LogP contribution in [-0.2, 0) is 4.79 Å². The van der Waals surface area contributed by atoms with Crippen molar-refractivity contribution in [1.29, 1.82) is 0 Å². The lowest BCUT2D eigenvalue weighted by Crippen LogP contribution is -2.43. The van der Waals surface area contributed by atoms with Crippen LogP contribution in [0.5, 0.6) is 0 Å². The fraction of sp³-hybridized carbons (Fsp3) is 0.786. The van der Waals surface area contributed by atoms with Gasteiger partial charge in [-0.05, 0) is 37.2 Å². The zero-order valence-corrected chi connectivity index (χ0v) is 9.81. The van der Waals surface area contributed by atoms with Gasteiger partial charge < -0.3 is 0 Å². The van der Waals surface area contributed by atoms with E-state index in [-0.39, 0.29) is 11.3 Å². The molecule has 3 atom stereocenters. The zero-order chi connectivity index (χ0) is 10.7. The Labute approximate surface area is 91.9 Å². The van der Waals surface area contributed by atoms with Crippen LogP contribution in [0.15, 0.2) is 11.6 Å². The van der Waals surface area contributed by atoms with Gasteiger partial charge in [0.05, 0.1) is 0 Å². The van der Waals surface area contributed by atoms with Gasteiger partial charge in [-0.3, -0.25) is 4.79 Å². The second-order valence-electron chi connectivity index (χ2n) is 6.03. The first-order valence-electron chi connectivity index (χ1n) is 6.35. The minimum atomic E-state index is 0.264. The molecule has 0 aromatic rings. The third-order valence-corrected chi connectivity index (χ3v) is 5.63. The molecule has 0 aromatic carbocycles. The number of carbonyl (C=O) groups is 1. The van der Waals surface area contributed by atoms with E-state index in [2.05, 4.69) is 13.8 Å². The minimum absolute atomic E-state index is 0.264. The van der Waals surface area contributed by atoms with Crippen molar-refractivity contribution in [3.8, 4) is 0 Å². The highest BCUT2D eigenvalue weighted by molar-refractivity contribution is 5.96. The molecule has 3 rings (SSSR count). The molecule has 0 amide bonds. The van der Waals surface area contributed by atoms with Crippen molar-refractivity contribution in [2.24, 2.45) is 16.7 Å². The van der Waals surface area contributed by atoms with Gasteiger partial charge in [-0.25, -0.2) is 0 Å². The number of ketones is 1. The molecule has 0 radical (unpaired) electrons. The Balaban J connectivity index is 2.14. The molecular weight excluding hydrogens is 184 g/mol. The highest BCUT2D eigenvalue weighted by Crippen LogP contribution is 2.68. The van der Waals surface area contributed by atoms with Crippen molar-refractivity contribution in [1.82, 2.24) is 0 Å². The van der Waals surface area contributed by atoms with Gasteiger partial charge in [0.2, 0.25) is 0 Å². The second kappa shape index (κ2) is 2.75. The first kappa shape index (κ1) is 9.62. The maximum absolute atomic E-state index is 11.9. The largest absolute Gasteiger partial charge is 0.295 e. The number of allylic oxidation sites excluding steroid dienone is 2. The molecule has 82 valence electrons. The monoisotopic (exact) mass is 204 g/mol. The van der Waals surface area contributed by atoms with Crippen LogP contribution in [0.3, 0.4) is 0 Å². The van der Waals surface area contributed by atoms with Crippen LogP contribution >= 0.6 is 0 Å². The molecule has 0 aliphatic heterocycles. The molecule has 3 aliphatic rings. The molecule has 0 saturated heterocycles. The molecule has 1 unspecified atom stereocenters. The SMILES string of the molecule is C[C@H]1C(=O)C=C2CC[C@]3(C)CCCCC213. The van der Waals surface area contributed by atoms with Gasteiger partial charge in [-0.1, -0.05) is 32.3 Å². The maximum atomic E-state index is 11.9. The smallest absolute Gasteiger partial charge is 0.159 e. The van der Waals surface area contributed by atoms with E-state index in [1.54, 1.807) is 0 Å². The van der Waals surface area contributed by atoms with E-state index in [0.717, 1.165) is 0 Å². The molecule has 1 nitrogen and oxygen atoms in total. The number of hydrogen-bond donors (Lipinski definition) is 0. The van der Waals surface area contributed by atoms with Gasteiger partial charge in [0, 0.05) is 11.3 Å².